The van der Waals surface area contributed by atoms with Crippen LogP contribution in [0.5, 0.6) is 0 Å². The molecule has 1 aromatic rings. The monoisotopic (exact) mass is 277 g/mol. The van der Waals surface area contributed by atoms with Crippen molar-refractivity contribution in [3.8, 4) is 0 Å². The Morgan fingerprint density at radius 1 is 1.10 bits per heavy atom. The van der Waals surface area contributed by atoms with E-state index in [0.717, 1.165) is 12.8 Å². The summed E-state index contributed by atoms with van der Waals surface area (Å²) >= 11 is 0. The molecule has 0 unspecified atom stereocenters. The van der Waals surface area contributed by atoms with Crippen LogP contribution < -0.4 is 5.32 Å². The Hall–Kier alpha value is -1.84. The summed E-state index contributed by atoms with van der Waals surface area (Å²) < 4.78 is 4.82. The minimum Gasteiger partial charge on any atom is -0.466 e. The van der Waals surface area contributed by atoms with Gasteiger partial charge in [0.2, 0.25) is 5.91 Å². The fraction of sp³-hybridized carbons (Fsp3) is 0.500. The van der Waals surface area contributed by atoms with Crippen LogP contribution in [0.4, 0.5) is 0 Å². The minimum atomic E-state index is -0.183. The van der Waals surface area contributed by atoms with E-state index in [1.165, 1.54) is 5.56 Å². The number of hydrogen-bond donors (Lipinski definition) is 1. The molecule has 1 amide bonds. The summed E-state index contributed by atoms with van der Waals surface area (Å²) in [5.74, 6) is -0.137. The molecule has 0 spiro atoms. The third kappa shape index (κ3) is 7.56. The topological polar surface area (TPSA) is 55.4 Å². The second-order valence-electron chi connectivity index (χ2n) is 4.60. The van der Waals surface area contributed by atoms with E-state index in [9.17, 15) is 9.59 Å². The molecule has 1 rings (SSSR count). The van der Waals surface area contributed by atoms with Gasteiger partial charge in [-0.25, -0.2) is 0 Å². The first-order valence-corrected chi connectivity index (χ1v) is 7.18. The van der Waals surface area contributed by atoms with Gasteiger partial charge in [-0.05, 0) is 31.7 Å². The van der Waals surface area contributed by atoms with Crippen LogP contribution in [0.25, 0.3) is 0 Å². The van der Waals surface area contributed by atoms with Gasteiger partial charge in [-0.15, -0.1) is 0 Å². The summed E-state index contributed by atoms with van der Waals surface area (Å²) in [6, 6.07) is 10.1. The van der Waals surface area contributed by atoms with Crippen LogP contribution in [0.3, 0.4) is 0 Å². The second kappa shape index (κ2) is 10.0. The third-order valence-corrected chi connectivity index (χ3v) is 2.92. The molecule has 4 nitrogen and oxygen atoms in total. The van der Waals surface area contributed by atoms with Gasteiger partial charge in [0, 0.05) is 19.4 Å². The van der Waals surface area contributed by atoms with E-state index < -0.39 is 0 Å². The van der Waals surface area contributed by atoms with Gasteiger partial charge >= 0.3 is 5.97 Å². The van der Waals surface area contributed by atoms with Gasteiger partial charge < -0.3 is 10.1 Å². The Morgan fingerprint density at radius 3 is 2.50 bits per heavy atom. The highest BCUT2D eigenvalue weighted by atomic mass is 16.5. The average Bonchev–Trinajstić information content (AvgIpc) is 2.45. The van der Waals surface area contributed by atoms with Gasteiger partial charge in [0.1, 0.15) is 0 Å². The third-order valence-electron chi connectivity index (χ3n) is 2.92. The van der Waals surface area contributed by atoms with Crippen LogP contribution in [0.2, 0.25) is 0 Å². The zero-order chi connectivity index (χ0) is 14.6. The molecule has 0 aliphatic rings. The van der Waals surface area contributed by atoms with E-state index in [1.54, 1.807) is 6.92 Å². The number of carbonyl (C=O) groups excluding carboxylic acids is 2. The van der Waals surface area contributed by atoms with E-state index >= 15 is 0 Å². The number of unbranched alkanes of at least 4 members (excludes halogenated alkanes) is 1. The number of amides is 1. The fourth-order valence-electron chi connectivity index (χ4n) is 1.87. The smallest absolute Gasteiger partial charge is 0.305 e. The maximum absolute atomic E-state index is 11.6. The maximum atomic E-state index is 11.6. The molecule has 0 radical (unpaired) electrons. The van der Waals surface area contributed by atoms with Gasteiger partial charge in [-0.1, -0.05) is 30.3 Å². The van der Waals surface area contributed by atoms with Gasteiger partial charge in [-0.3, -0.25) is 9.59 Å². The molecule has 0 heterocycles. The van der Waals surface area contributed by atoms with E-state index in [2.05, 4.69) is 5.32 Å². The SMILES string of the molecule is CCOC(=O)CCCCC(=O)NCCc1ccccc1. The van der Waals surface area contributed by atoms with Crippen LogP contribution in [-0.4, -0.2) is 25.0 Å². The lowest BCUT2D eigenvalue weighted by Gasteiger charge is -2.05. The van der Waals surface area contributed by atoms with Crippen molar-refractivity contribution in [2.75, 3.05) is 13.2 Å². The molecule has 0 fully saturated rings. The van der Waals surface area contributed by atoms with E-state index in [4.69, 9.17) is 4.74 Å². The first-order chi connectivity index (χ1) is 9.72. The Bertz CT molecular complexity index is 403. The first kappa shape index (κ1) is 16.2. The van der Waals surface area contributed by atoms with Gasteiger partial charge in [-0.2, -0.15) is 0 Å². The predicted octanol–water partition coefficient (Wildman–Crippen LogP) is 2.47. The molecule has 20 heavy (non-hydrogen) atoms. The lowest BCUT2D eigenvalue weighted by molar-refractivity contribution is -0.143. The molecule has 0 aliphatic heterocycles. The number of esters is 1. The first-order valence-electron chi connectivity index (χ1n) is 7.18. The van der Waals surface area contributed by atoms with Crippen molar-refractivity contribution in [2.45, 2.75) is 39.0 Å². The lowest BCUT2D eigenvalue weighted by Crippen LogP contribution is -2.25. The predicted molar refractivity (Wildman–Crippen MR) is 78.3 cm³/mol. The van der Waals surface area contributed by atoms with Crippen LogP contribution in [0.1, 0.15) is 38.2 Å². The van der Waals surface area contributed by atoms with Crippen molar-refractivity contribution in [3.05, 3.63) is 35.9 Å². The standard InChI is InChI=1S/C16H23NO3/c1-2-20-16(19)11-7-6-10-15(18)17-13-12-14-8-4-3-5-9-14/h3-5,8-9H,2,6-7,10-13H2,1H3,(H,17,18). The molecule has 110 valence electrons. The summed E-state index contributed by atoms with van der Waals surface area (Å²) in [7, 11) is 0. The second-order valence-corrected chi connectivity index (χ2v) is 4.60. The van der Waals surface area contributed by atoms with E-state index in [1.807, 2.05) is 30.3 Å². The van der Waals surface area contributed by atoms with E-state index in [0.29, 0.717) is 32.4 Å². The highest BCUT2D eigenvalue weighted by molar-refractivity contribution is 5.76. The number of rotatable bonds is 9. The van der Waals surface area contributed by atoms with Crippen molar-refractivity contribution in [1.82, 2.24) is 5.32 Å². The molecule has 0 atom stereocenters. The minimum absolute atomic E-state index is 0.0461. The zero-order valence-corrected chi connectivity index (χ0v) is 12.1. The van der Waals surface area contributed by atoms with E-state index in [-0.39, 0.29) is 11.9 Å². The number of nitrogens with one attached hydrogen (secondary N) is 1. The number of hydrogen-bond acceptors (Lipinski definition) is 3. The number of ether oxygens (including phenoxy) is 1. The van der Waals surface area contributed by atoms with Crippen molar-refractivity contribution < 1.29 is 14.3 Å². The Labute approximate surface area is 120 Å². The molecular formula is C16H23NO3. The normalized spacial score (nSPS) is 10.1. The molecular weight excluding hydrogens is 254 g/mol. The molecule has 0 bridgehead atoms. The van der Waals surface area contributed by atoms with Gasteiger partial charge in [0.15, 0.2) is 0 Å². The summed E-state index contributed by atoms with van der Waals surface area (Å²) in [5, 5.41) is 2.89. The van der Waals surface area contributed by atoms with Crippen LogP contribution in [0.15, 0.2) is 30.3 Å². The summed E-state index contributed by atoms with van der Waals surface area (Å²) in [5.41, 5.74) is 1.22. The molecule has 0 aromatic heterocycles. The van der Waals surface area contributed by atoms with Gasteiger partial charge in [0.05, 0.1) is 6.61 Å². The van der Waals surface area contributed by atoms with Crippen LogP contribution in [-0.2, 0) is 20.7 Å². The largest absolute Gasteiger partial charge is 0.466 e. The quantitative estimate of drug-likeness (QED) is 0.557. The lowest BCUT2D eigenvalue weighted by atomic mass is 10.1. The van der Waals surface area contributed by atoms with Crippen molar-refractivity contribution in [1.29, 1.82) is 0 Å². The number of benzene rings is 1. The van der Waals surface area contributed by atoms with Crippen LogP contribution in [0, 0.1) is 0 Å². The van der Waals surface area contributed by atoms with Crippen molar-refractivity contribution in [2.24, 2.45) is 0 Å². The van der Waals surface area contributed by atoms with Gasteiger partial charge in [0.25, 0.3) is 0 Å². The Balaban J connectivity index is 2.02. The fourth-order valence-corrected chi connectivity index (χ4v) is 1.87. The Kier molecular flexibility index (Phi) is 8.11. The maximum Gasteiger partial charge on any atom is 0.305 e. The number of carbonyl (C=O) groups is 2. The summed E-state index contributed by atoms with van der Waals surface area (Å²) in [6.07, 6.45) is 3.12. The molecule has 1 N–H and O–H groups in total. The highest BCUT2D eigenvalue weighted by Crippen LogP contribution is 2.02. The summed E-state index contributed by atoms with van der Waals surface area (Å²) in [4.78, 5) is 22.7. The molecule has 0 saturated heterocycles. The van der Waals surface area contributed by atoms with Crippen molar-refractivity contribution >= 4 is 11.9 Å². The Morgan fingerprint density at radius 2 is 1.80 bits per heavy atom. The highest BCUT2D eigenvalue weighted by Gasteiger charge is 2.04. The van der Waals surface area contributed by atoms with Crippen LogP contribution >= 0.6 is 0 Å². The molecule has 4 heteroatoms. The molecule has 0 aliphatic carbocycles. The average molecular weight is 277 g/mol. The molecule has 1 aromatic carbocycles. The molecule has 0 saturated carbocycles. The zero-order valence-electron chi connectivity index (χ0n) is 12.1. The van der Waals surface area contributed by atoms with Crippen molar-refractivity contribution in [3.63, 3.8) is 0 Å². The summed E-state index contributed by atoms with van der Waals surface area (Å²) in [6.45, 7) is 2.86.